The molecular formula is C8H12N2O. The Morgan fingerprint density at radius 2 is 1.82 bits per heavy atom. The maximum Gasteiger partial charge on any atom is 0.221 e. The van der Waals surface area contributed by atoms with Gasteiger partial charge in [-0.05, 0) is 12.1 Å². The number of carbonyl (C=O) groups is 1. The molecular weight excluding hydrogens is 140 g/mol. The first-order chi connectivity index (χ1) is 4.79. The van der Waals surface area contributed by atoms with Crippen molar-refractivity contribution in [3.63, 3.8) is 0 Å². The number of hydrogen-bond acceptors (Lipinski definition) is 2. The van der Waals surface area contributed by atoms with Gasteiger partial charge in [0.1, 0.15) is 0 Å². The average Bonchev–Trinajstić information content (AvgIpc) is 1.88. The molecule has 11 heavy (non-hydrogen) atoms. The molecule has 0 aromatic heterocycles. The van der Waals surface area contributed by atoms with Crippen molar-refractivity contribution < 1.29 is 4.79 Å². The second-order valence-electron chi connectivity index (χ2n) is 2.05. The van der Waals surface area contributed by atoms with E-state index in [-0.39, 0.29) is 12.1 Å². The van der Waals surface area contributed by atoms with Gasteiger partial charge in [-0.15, -0.1) is 0 Å². The highest BCUT2D eigenvalue weighted by Gasteiger charge is 1.90. The fourth-order valence-corrected chi connectivity index (χ4v) is 0.725. The highest BCUT2D eigenvalue weighted by atomic mass is 16.1. The van der Waals surface area contributed by atoms with Gasteiger partial charge in [-0.3, -0.25) is 4.79 Å². The molecule has 0 saturated heterocycles. The van der Waals surface area contributed by atoms with E-state index in [4.69, 9.17) is 0 Å². The van der Waals surface area contributed by atoms with Gasteiger partial charge in [-0.2, -0.15) is 0 Å². The molecule has 0 unspecified atom stereocenters. The lowest BCUT2D eigenvalue weighted by atomic mass is 10.3. The van der Waals surface area contributed by atoms with Crippen LogP contribution < -0.4 is 11.5 Å². The van der Waals surface area contributed by atoms with E-state index in [0.29, 0.717) is 0 Å². The fraction of sp³-hybridized carbons (Fsp3) is 0.125. The predicted molar refractivity (Wildman–Crippen MR) is 45.8 cm³/mol. The van der Waals surface area contributed by atoms with E-state index >= 15 is 0 Å². The highest BCUT2D eigenvalue weighted by Crippen LogP contribution is 2.03. The van der Waals surface area contributed by atoms with E-state index in [1.165, 1.54) is 6.92 Å². The van der Waals surface area contributed by atoms with Gasteiger partial charge in [0.05, 0.1) is 0 Å². The van der Waals surface area contributed by atoms with Crippen LogP contribution in [-0.4, -0.2) is 5.91 Å². The maximum absolute atomic E-state index is 10.5. The smallest absolute Gasteiger partial charge is 0.221 e. The summed E-state index contributed by atoms with van der Waals surface area (Å²) in [6.07, 6.45) is 0. The Kier molecular flexibility index (Phi) is 3.92. The van der Waals surface area contributed by atoms with Crippen molar-refractivity contribution >= 4 is 11.6 Å². The first kappa shape index (κ1) is 9.65. The molecule has 0 saturated carbocycles. The Labute approximate surface area is 66.0 Å². The van der Waals surface area contributed by atoms with Crippen LogP contribution in [0.5, 0.6) is 0 Å². The van der Waals surface area contributed by atoms with Crippen LogP contribution in [-0.2, 0) is 4.79 Å². The molecule has 0 aliphatic rings. The minimum absolute atomic E-state index is 0. The average molecular weight is 152 g/mol. The van der Waals surface area contributed by atoms with Crippen LogP contribution in [0.4, 0.5) is 5.69 Å². The summed E-state index contributed by atoms with van der Waals surface area (Å²) in [7, 11) is 0. The third-order valence-corrected chi connectivity index (χ3v) is 1.09. The Bertz CT molecular complexity index is 221. The summed E-state index contributed by atoms with van der Waals surface area (Å²) in [5.74, 6) is -0.0359. The molecule has 1 aromatic rings. The van der Waals surface area contributed by atoms with E-state index in [1.54, 1.807) is 0 Å². The minimum atomic E-state index is -0.0359. The molecule has 3 nitrogen and oxygen atoms in total. The van der Waals surface area contributed by atoms with Crippen LogP contribution >= 0.6 is 0 Å². The van der Waals surface area contributed by atoms with Crippen LogP contribution in [0.2, 0.25) is 0 Å². The van der Waals surface area contributed by atoms with Gasteiger partial charge in [0.2, 0.25) is 5.91 Å². The largest absolute Gasteiger partial charge is 0.344 e. The van der Waals surface area contributed by atoms with Crippen molar-refractivity contribution in [2.24, 2.45) is 0 Å². The lowest BCUT2D eigenvalue weighted by Gasteiger charge is -1.98. The van der Waals surface area contributed by atoms with Crippen LogP contribution in [0.1, 0.15) is 6.92 Å². The SMILES string of the molecule is CC(=O)Nc1ccccc1.N. The van der Waals surface area contributed by atoms with Gasteiger partial charge in [0.25, 0.3) is 0 Å². The van der Waals surface area contributed by atoms with Crippen molar-refractivity contribution in [3.8, 4) is 0 Å². The minimum Gasteiger partial charge on any atom is -0.344 e. The molecule has 0 spiro atoms. The summed E-state index contributed by atoms with van der Waals surface area (Å²) < 4.78 is 0. The van der Waals surface area contributed by atoms with Gasteiger partial charge in [0, 0.05) is 12.6 Å². The molecule has 0 aliphatic carbocycles. The molecule has 1 amide bonds. The molecule has 0 bridgehead atoms. The highest BCUT2D eigenvalue weighted by molar-refractivity contribution is 5.88. The lowest BCUT2D eigenvalue weighted by molar-refractivity contribution is -0.114. The number of anilines is 1. The number of hydrogen-bond donors (Lipinski definition) is 2. The Balaban J connectivity index is 0.000001000. The first-order valence-corrected chi connectivity index (χ1v) is 3.11. The summed E-state index contributed by atoms with van der Waals surface area (Å²) >= 11 is 0. The molecule has 60 valence electrons. The van der Waals surface area contributed by atoms with Crippen LogP contribution in [0, 0.1) is 0 Å². The van der Waals surface area contributed by atoms with Gasteiger partial charge < -0.3 is 11.5 Å². The predicted octanol–water partition coefficient (Wildman–Crippen LogP) is 1.81. The monoisotopic (exact) mass is 152 g/mol. The zero-order valence-corrected chi connectivity index (χ0v) is 6.50. The van der Waals surface area contributed by atoms with Gasteiger partial charge in [-0.25, -0.2) is 0 Å². The van der Waals surface area contributed by atoms with Gasteiger partial charge >= 0.3 is 0 Å². The number of nitrogens with one attached hydrogen (secondary N) is 1. The van der Waals surface area contributed by atoms with Gasteiger partial charge in [-0.1, -0.05) is 18.2 Å². The van der Waals surface area contributed by atoms with E-state index in [1.807, 2.05) is 30.3 Å². The van der Waals surface area contributed by atoms with E-state index in [0.717, 1.165) is 5.69 Å². The number of para-hydroxylation sites is 1. The summed E-state index contributed by atoms with van der Waals surface area (Å²) in [6.45, 7) is 1.49. The fourth-order valence-electron chi connectivity index (χ4n) is 0.725. The number of rotatable bonds is 1. The van der Waals surface area contributed by atoms with E-state index in [9.17, 15) is 4.79 Å². The molecule has 0 heterocycles. The van der Waals surface area contributed by atoms with Crippen molar-refractivity contribution in [2.75, 3.05) is 5.32 Å². The van der Waals surface area contributed by atoms with Crippen molar-refractivity contribution in [1.29, 1.82) is 0 Å². The van der Waals surface area contributed by atoms with E-state index < -0.39 is 0 Å². The quantitative estimate of drug-likeness (QED) is 0.644. The third kappa shape index (κ3) is 3.37. The first-order valence-electron chi connectivity index (χ1n) is 3.11. The third-order valence-electron chi connectivity index (χ3n) is 1.09. The molecule has 1 aromatic carbocycles. The van der Waals surface area contributed by atoms with Crippen molar-refractivity contribution in [2.45, 2.75) is 6.92 Å². The molecule has 3 heteroatoms. The number of carbonyl (C=O) groups excluding carboxylic acids is 1. The zero-order chi connectivity index (χ0) is 7.40. The molecule has 0 aliphatic heterocycles. The van der Waals surface area contributed by atoms with Crippen LogP contribution in [0.25, 0.3) is 0 Å². The molecule has 0 radical (unpaired) electrons. The molecule has 0 atom stereocenters. The zero-order valence-electron chi connectivity index (χ0n) is 6.50. The lowest BCUT2D eigenvalue weighted by Crippen LogP contribution is -2.04. The topological polar surface area (TPSA) is 64.1 Å². The van der Waals surface area contributed by atoms with E-state index in [2.05, 4.69) is 5.32 Å². The van der Waals surface area contributed by atoms with Crippen LogP contribution in [0.3, 0.4) is 0 Å². The molecule has 1 rings (SSSR count). The van der Waals surface area contributed by atoms with Crippen LogP contribution in [0.15, 0.2) is 30.3 Å². The second kappa shape index (κ2) is 4.46. The normalized spacial score (nSPS) is 8.09. The molecule has 4 N–H and O–H groups in total. The summed E-state index contributed by atoms with van der Waals surface area (Å²) in [6, 6.07) is 9.37. The number of amides is 1. The van der Waals surface area contributed by atoms with Crippen molar-refractivity contribution in [3.05, 3.63) is 30.3 Å². The summed E-state index contributed by atoms with van der Waals surface area (Å²) in [4.78, 5) is 10.5. The Morgan fingerprint density at radius 3 is 2.27 bits per heavy atom. The standard InChI is InChI=1S/C8H9NO.H3N/c1-7(10)9-8-5-3-2-4-6-8;/h2-6H,1H3,(H,9,10);1H3. The summed E-state index contributed by atoms with van der Waals surface area (Å²) in [5.41, 5.74) is 0.843. The maximum atomic E-state index is 10.5. The second-order valence-corrected chi connectivity index (χ2v) is 2.05. The molecule has 0 fully saturated rings. The Hall–Kier alpha value is -1.35. The summed E-state index contributed by atoms with van der Waals surface area (Å²) in [5, 5.41) is 2.67. The van der Waals surface area contributed by atoms with Gasteiger partial charge in [0.15, 0.2) is 0 Å². The Morgan fingerprint density at radius 1 is 1.27 bits per heavy atom. The number of benzene rings is 1. The van der Waals surface area contributed by atoms with Crippen molar-refractivity contribution in [1.82, 2.24) is 6.15 Å².